The number of fused-ring (bicyclic) bond motifs is 2. The van der Waals surface area contributed by atoms with E-state index in [4.69, 9.17) is 4.74 Å². The quantitative estimate of drug-likeness (QED) is 0.279. The van der Waals surface area contributed by atoms with Gasteiger partial charge in [-0.2, -0.15) is 0 Å². The highest BCUT2D eigenvalue weighted by molar-refractivity contribution is 6.76. The zero-order valence-corrected chi connectivity index (χ0v) is 20.9. The van der Waals surface area contributed by atoms with Crippen molar-refractivity contribution < 1.29 is 14.6 Å². The molecule has 1 atom stereocenters. The predicted octanol–water partition coefficient (Wildman–Crippen LogP) is 5.15. The van der Waals surface area contributed by atoms with Crippen LogP contribution >= 0.6 is 0 Å². The Bertz CT molecular complexity index is 1300. The van der Waals surface area contributed by atoms with Crippen LogP contribution in [0.25, 0.3) is 21.8 Å². The van der Waals surface area contributed by atoms with Crippen LogP contribution in [0.3, 0.4) is 0 Å². The molecule has 33 heavy (non-hydrogen) atoms. The van der Waals surface area contributed by atoms with Crippen molar-refractivity contribution in [3.8, 4) is 0 Å². The normalized spacial score (nSPS) is 13.0. The summed E-state index contributed by atoms with van der Waals surface area (Å²) in [4.78, 5) is 17.3. The largest absolute Gasteiger partial charge is 0.387 e. The van der Waals surface area contributed by atoms with E-state index in [9.17, 15) is 9.90 Å². The first-order valence-electron chi connectivity index (χ1n) is 11.2. The second-order valence-corrected chi connectivity index (χ2v) is 15.4. The van der Waals surface area contributed by atoms with Gasteiger partial charge >= 0.3 is 0 Å². The number of carbonyl (C=O) groups excluding carboxylic acids is 1. The van der Waals surface area contributed by atoms with E-state index in [-0.39, 0.29) is 5.91 Å². The van der Waals surface area contributed by atoms with Gasteiger partial charge in [0.2, 0.25) is 0 Å². The average molecular weight is 465 g/mol. The summed E-state index contributed by atoms with van der Waals surface area (Å²) in [5, 5.41) is 15.2. The summed E-state index contributed by atoms with van der Waals surface area (Å²) >= 11 is 0. The van der Waals surface area contributed by atoms with Gasteiger partial charge in [-0.3, -0.25) is 4.79 Å². The van der Waals surface area contributed by atoms with Crippen molar-refractivity contribution in [1.29, 1.82) is 0 Å². The van der Waals surface area contributed by atoms with Gasteiger partial charge in [-0.05, 0) is 42.6 Å². The number of ether oxygens (including phenoxy) is 1. The van der Waals surface area contributed by atoms with Crippen molar-refractivity contribution in [3.63, 3.8) is 0 Å². The molecule has 0 aliphatic rings. The van der Waals surface area contributed by atoms with Crippen molar-refractivity contribution in [3.05, 3.63) is 60.0 Å². The fraction of sp³-hybridized carbons (Fsp3) is 0.360. The highest BCUT2D eigenvalue weighted by Gasteiger charge is 2.17. The fourth-order valence-electron chi connectivity index (χ4n) is 3.86. The Hall–Kier alpha value is -2.94. The molecular weight excluding hydrogens is 432 g/mol. The lowest BCUT2D eigenvalue weighted by molar-refractivity contribution is 0.0811. The summed E-state index contributed by atoms with van der Waals surface area (Å²) < 4.78 is 9.91. The standard InChI is InChI=1S/C25H32N4O3Si/c1-17(30)21-13-20-15-26-24(14-23(20)29(21)16-32-10-11-33(3,4)5)27-25(31)19-7-6-18-8-9-28(2)22(18)12-19/h6-9,12-15,17,30H,10-11,16H2,1-5H3,(H,26,27,31). The molecule has 0 fully saturated rings. The van der Waals surface area contributed by atoms with Gasteiger partial charge < -0.3 is 24.3 Å². The lowest BCUT2D eigenvalue weighted by Gasteiger charge is -2.17. The second-order valence-electron chi connectivity index (χ2n) is 9.80. The SMILES string of the molecule is CC(O)c1cc2cnc(NC(=O)c3ccc4ccn(C)c4c3)cc2n1COCC[Si](C)(C)C. The smallest absolute Gasteiger partial charge is 0.256 e. The van der Waals surface area contributed by atoms with E-state index in [1.807, 2.05) is 58.8 Å². The van der Waals surface area contributed by atoms with Crippen LogP contribution < -0.4 is 5.32 Å². The van der Waals surface area contributed by atoms with Gasteiger partial charge in [0.05, 0.1) is 11.6 Å². The van der Waals surface area contributed by atoms with Crippen LogP contribution in [0.2, 0.25) is 25.7 Å². The van der Waals surface area contributed by atoms with E-state index in [2.05, 4.69) is 29.9 Å². The number of aromatic nitrogens is 3. The van der Waals surface area contributed by atoms with Crippen molar-refractivity contribution in [2.24, 2.45) is 7.05 Å². The summed E-state index contributed by atoms with van der Waals surface area (Å²) in [6, 6.07) is 12.5. The van der Waals surface area contributed by atoms with Crippen LogP contribution in [0.5, 0.6) is 0 Å². The lowest BCUT2D eigenvalue weighted by atomic mass is 10.1. The third-order valence-electron chi connectivity index (χ3n) is 5.85. The van der Waals surface area contributed by atoms with Gasteiger partial charge in [-0.25, -0.2) is 4.98 Å². The van der Waals surface area contributed by atoms with E-state index in [1.54, 1.807) is 13.1 Å². The Morgan fingerprint density at radius 3 is 2.67 bits per heavy atom. The number of aryl methyl sites for hydroxylation is 1. The van der Waals surface area contributed by atoms with E-state index < -0.39 is 14.2 Å². The topological polar surface area (TPSA) is 81.3 Å². The van der Waals surface area contributed by atoms with Crippen molar-refractivity contribution in [2.45, 2.75) is 45.4 Å². The molecule has 7 nitrogen and oxygen atoms in total. The van der Waals surface area contributed by atoms with Crippen LogP contribution in [-0.4, -0.2) is 39.8 Å². The Labute approximate surface area is 195 Å². The molecule has 0 aliphatic heterocycles. The minimum atomic E-state index is -1.19. The Morgan fingerprint density at radius 1 is 1.15 bits per heavy atom. The first kappa shape index (κ1) is 23.2. The zero-order valence-electron chi connectivity index (χ0n) is 19.9. The monoisotopic (exact) mass is 464 g/mol. The number of aliphatic hydroxyl groups excluding tert-OH is 1. The lowest BCUT2D eigenvalue weighted by Crippen LogP contribution is -2.22. The Balaban J connectivity index is 1.57. The van der Waals surface area contributed by atoms with Crippen LogP contribution in [0.15, 0.2) is 48.8 Å². The molecule has 0 bridgehead atoms. The molecular formula is C25H32N4O3Si. The van der Waals surface area contributed by atoms with E-state index in [1.165, 1.54) is 0 Å². The van der Waals surface area contributed by atoms with Gasteiger partial charge in [0.1, 0.15) is 12.5 Å². The maximum Gasteiger partial charge on any atom is 0.256 e. The number of aliphatic hydroxyl groups is 1. The molecule has 174 valence electrons. The number of carbonyl (C=O) groups is 1. The summed E-state index contributed by atoms with van der Waals surface area (Å²) in [5.41, 5.74) is 3.19. The average Bonchev–Trinajstić information content (AvgIpc) is 3.30. The number of nitrogens with zero attached hydrogens (tertiary/aromatic N) is 3. The third kappa shape index (κ3) is 5.18. The summed E-state index contributed by atoms with van der Waals surface area (Å²) in [5.74, 6) is 0.239. The molecule has 1 aromatic carbocycles. The summed E-state index contributed by atoms with van der Waals surface area (Å²) in [7, 11) is 0.770. The van der Waals surface area contributed by atoms with Crippen molar-refractivity contribution in [1.82, 2.24) is 14.1 Å². The molecule has 0 aliphatic carbocycles. The van der Waals surface area contributed by atoms with Crippen molar-refractivity contribution >= 4 is 41.6 Å². The number of amides is 1. The van der Waals surface area contributed by atoms with Crippen LogP contribution in [0.4, 0.5) is 5.82 Å². The molecule has 8 heteroatoms. The number of hydrogen-bond acceptors (Lipinski definition) is 4. The molecule has 4 aromatic rings. The number of benzene rings is 1. The molecule has 2 N–H and O–H groups in total. The maximum absolute atomic E-state index is 12.9. The first-order chi connectivity index (χ1) is 15.6. The van der Waals surface area contributed by atoms with E-state index >= 15 is 0 Å². The maximum atomic E-state index is 12.9. The molecule has 0 saturated carbocycles. The molecule has 1 amide bonds. The van der Waals surface area contributed by atoms with Gasteiger partial charge in [-0.15, -0.1) is 0 Å². The molecule has 0 saturated heterocycles. The number of hydrogen-bond donors (Lipinski definition) is 2. The summed E-state index contributed by atoms with van der Waals surface area (Å²) in [6.07, 6.45) is 3.05. The Morgan fingerprint density at radius 2 is 1.94 bits per heavy atom. The fourth-order valence-corrected chi connectivity index (χ4v) is 4.62. The molecule has 1 unspecified atom stereocenters. The first-order valence-corrected chi connectivity index (χ1v) is 14.9. The van der Waals surface area contributed by atoms with Crippen LogP contribution in [-0.2, 0) is 18.5 Å². The molecule has 3 heterocycles. The minimum absolute atomic E-state index is 0.217. The van der Waals surface area contributed by atoms with Gasteiger partial charge in [0.15, 0.2) is 0 Å². The molecule has 3 aromatic heterocycles. The number of anilines is 1. The van der Waals surface area contributed by atoms with Gasteiger partial charge in [0, 0.05) is 62.3 Å². The van der Waals surface area contributed by atoms with E-state index in [0.717, 1.165) is 33.5 Å². The number of pyridine rings is 1. The Kier molecular flexibility index (Phi) is 6.42. The van der Waals surface area contributed by atoms with Crippen LogP contribution in [0, 0.1) is 0 Å². The van der Waals surface area contributed by atoms with Gasteiger partial charge in [-0.1, -0.05) is 25.7 Å². The summed E-state index contributed by atoms with van der Waals surface area (Å²) in [6.45, 7) is 9.72. The van der Waals surface area contributed by atoms with E-state index in [0.29, 0.717) is 24.7 Å². The van der Waals surface area contributed by atoms with Gasteiger partial charge in [0.25, 0.3) is 5.91 Å². The van der Waals surface area contributed by atoms with Crippen LogP contribution in [0.1, 0.15) is 29.1 Å². The highest BCUT2D eigenvalue weighted by atomic mass is 28.3. The highest BCUT2D eigenvalue weighted by Crippen LogP contribution is 2.26. The zero-order chi connectivity index (χ0) is 23.8. The molecule has 0 spiro atoms. The number of rotatable bonds is 8. The van der Waals surface area contributed by atoms with Crippen molar-refractivity contribution in [2.75, 3.05) is 11.9 Å². The second kappa shape index (κ2) is 9.13. The minimum Gasteiger partial charge on any atom is -0.387 e. The number of nitrogens with one attached hydrogen (secondary N) is 1. The molecule has 0 radical (unpaired) electrons. The molecule has 4 rings (SSSR count). The third-order valence-corrected chi connectivity index (χ3v) is 7.56. The predicted molar refractivity (Wildman–Crippen MR) is 135 cm³/mol.